The minimum absolute atomic E-state index is 0.0407. The molecule has 150 valence electrons. The van der Waals surface area contributed by atoms with Gasteiger partial charge in [0.1, 0.15) is 5.75 Å². The van der Waals surface area contributed by atoms with Gasteiger partial charge in [-0.1, -0.05) is 30.5 Å². The summed E-state index contributed by atoms with van der Waals surface area (Å²) in [7, 11) is -3.68. The number of sulfonamides is 1. The van der Waals surface area contributed by atoms with Crippen molar-refractivity contribution in [3.8, 4) is 5.75 Å². The van der Waals surface area contributed by atoms with Gasteiger partial charge in [-0.05, 0) is 56.2 Å². The first kappa shape index (κ1) is 20.6. The number of rotatable bonds is 7. The standard InChI is InChI=1S/C20H23ClN2O4S/c1-2-27-19-11-10-17(28(25,26)23-16-8-3-4-9-16)13-18(19)22-20(24)14-6-5-7-15(21)12-14/h5-7,10-13,16,23H,2-4,8-9H2,1H3,(H,22,24). The molecule has 1 aliphatic rings. The van der Waals surface area contributed by atoms with Gasteiger partial charge < -0.3 is 10.1 Å². The number of carbonyl (C=O) groups is 1. The number of halogens is 1. The monoisotopic (exact) mass is 422 g/mol. The molecule has 1 saturated carbocycles. The maximum atomic E-state index is 12.7. The van der Waals surface area contributed by atoms with Gasteiger partial charge in [-0.2, -0.15) is 0 Å². The maximum absolute atomic E-state index is 12.7. The third-order valence-electron chi connectivity index (χ3n) is 4.57. The van der Waals surface area contributed by atoms with Crippen molar-refractivity contribution in [2.75, 3.05) is 11.9 Å². The van der Waals surface area contributed by atoms with Crippen molar-refractivity contribution >= 4 is 33.2 Å². The first-order chi connectivity index (χ1) is 13.4. The number of ether oxygens (including phenoxy) is 1. The Bertz CT molecular complexity index is 956. The van der Waals surface area contributed by atoms with E-state index in [-0.39, 0.29) is 10.9 Å². The summed E-state index contributed by atoms with van der Waals surface area (Å²) in [5.41, 5.74) is 0.661. The number of amides is 1. The van der Waals surface area contributed by atoms with Gasteiger partial charge in [-0.3, -0.25) is 4.79 Å². The lowest BCUT2D eigenvalue weighted by atomic mass is 10.2. The van der Waals surface area contributed by atoms with Crippen LogP contribution in [0.5, 0.6) is 5.75 Å². The molecule has 0 radical (unpaired) electrons. The minimum atomic E-state index is -3.68. The van der Waals surface area contributed by atoms with E-state index in [1.54, 1.807) is 30.3 Å². The third kappa shape index (κ3) is 5.04. The smallest absolute Gasteiger partial charge is 0.255 e. The molecule has 0 aromatic heterocycles. The van der Waals surface area contributed by atoms with Gasteiger partial charge in [0, 0.05) is 16.6 Å². The average molecular weight is 423 g/mol. The lowest BCUT2D eigenvalue weighted by Crippen LogP contribution is -2.32. The molecule has 0 heterocycles. The van der Waals surface area contributed by atoms with Crippen molar-refractivity contribution < 1.29 is 17.9 Å². The van der Waals surface area contributed by atoms with Crippen LogP contribution in [0.25, 0.3) is 0 Å². The van der Waals surface area contributed by atoms with Crippen LogP contribution in [-0.2, 0) is 10.0 Å². The fraction of sp³-hybridized carbons (Fsp3) is 0.350. The van der Waals surface area contributed by atoms with Gasteiger partial charge in [-0.15, -0.1) is 0 Å². The lowest BCUT2D eigenvalue weighted by Gasteiger charge is -2.16. The summed E-state index contributed by atoms with van der Waals surface area (Å²) in [5.74, 6) is -0.000512. The van der Waals surface area contributed by atoms with E-state index >= 15 is 0 Å². The Morgan fingerprint density at radius 2 is 1.93 bits per heavy atom. The van der Waals surface area contributed by atoms with E-state index in [0.717, 1.165) is 25.7 Å². The maximum Gasteiger partial charge on any atom is 0.255 e. The molecule has 2 aromatic rings. The summed E-state index contributed by atoms with van der Waals surface area (Å²) in [6, 6.07) is 10.9. The van der Waals surface area contributed by atoms with Crippen LogP contribution in [0.2, 0.25) is 5.02 Å². The van der Waals surface area contributed by atoms with E-state index in [9.17, 15) is 13.2 Å². The first-order valence-electron chi connectivity index (χ1n) is 9.25. The number of carbonyl (C=O) groups excluding carboxylic acids is 1. The Labute approximate surface area is 170 Å². The van der Waals surface area contributed by atoms with Crippen molar-refractivity contribution in [1.82, 2.24) is 4.72 Å². The number of anilines is 1. The van der Waals surface area contributed by atoms with Crippen LogP contribution in [0.3, 0.4) is 0 Å². The quantitative estimate of drug-likeness (QED) is 0.699. The highest BCUT2D eigenvalue weighted by Crippen LogP contribution is 2.29. The minimum Gasteiger partial charge on any atom is -0.492 e. The number of hydrogen-bond acceptors (Lipinski definition) is 4. The molecule has 0 bridgehead atoms. The second-order valence-corrected chi connectivity index (χ2v) is 8.81. The Balaban J connectivity index is 1.87. The molecule has 0 spiro atoms. The molecule has 28 heavy (non-hydrogen) atoms. The van der Waals surface area contributed by atoms with Crippen molar-refractivity contribution in [2.24, 2.45) is 0 Å². The van der Waals surface area contributed by atoms with Gasteiger partial charge in [0.05, 0.1) is 17.2 Å². The average Bonchev–Trinajstić information content (AvgIpc) is 3.15. The Morgan fingerprint density at radius 1 is 1.18 bits per heavy atom. The summed E-state index contributed by atoms with van der Waals surface area (Å²) in [6.45, 7) is 2.20. The molecular weight excluding hydrogens is 400 g/mol. The second kappa shape index (κ2) is 8.94. The zero-order valence-electron chi connectivity index (χ0n) is 15.6. The normalized spacial score (nSPS) is 14.8. The molecule has 6 nitrogen and oxygen atoms in total. The highest BCUT2D eigenvalue weighted by molar-refractivity contribution is 7.89. The van der Waals surface area contributed by atoms with Gasteiger partial charge in [0.2, 0.25) is 10.0 Å². The molecule has 1 fully saturated rings. The second-order valence-electron chi connectivity index (χ2n) is 6.66. The van der Waals surface area contributed by atoms with E-state index in [2.05, 4.69) is 10.0 Å². The molecular formula is C20H23ClN2O4S. The highest BCUT2D eigenvalue weighted by atomic mass is 35.5. The van der Waals surface area contributed by atoms with Crippen LogP contribution in [0, 0.1) is 0 Å². The zero-order valence-corrected chi connectivity index (χ0v) is 17.1. The molecule has 0 atom stereocenters. The van der Waals surface area contributed by atoms with E-state index in [1.807, 2.05) is 6.92 Å². The van der Waals surface area contributed by atoms with Crippen LogP contribution in [-0.4, -0.2) is 27.0 Å². The van der Waals surface area contributed by atoms with E-state index in [1.165, 1.54) is 12.1 Å². The molecule has 2 N–H and O–H groups in total. The Kier molecular flexibility index (Phi) is 6.59. The number of hydrogen-bond donors (Lipinski definition) is 2. The Morgan fingerprint density at radius 3 is 2.61 bits per heavy atom. The molecule has 0 saturated heterocycles. The predicted octanol–water partition coefficient (Wildman–Crippen LogP) is 4.21. The predicted molar refractivity (Wildman–Crippen MR) is 110 cm³/mol. The first-order valence-corrected chi connectivity index (χ1v) is 11.1. The van der Waals surface area contributed by atoms with Gasteiger partial charge >= 0.3 is 0 Å². The molecule has 1 aliphatic carbocycles. The molecule has 2 aromatic carbocycles. The van der Waals surface area contributed by atoms with Crippen LogP contribution in [0.15, 0.2) is 47.4 Å². The molecule has 8 heteroatoms. The summed E-state index contributed by atoms with van der Waals surface area (Å²) in [4.78, 5) is 12.7. The topological polar surface area (TPSA) is 84.5 Å². The fourth-order valence-corrected chi connectivity index (χ4v) is 4.73. The largest absolute Gasteiger partial charge is 0.492 e. The summed E-state index contributed by atoms with van der Waals surface area (Å²) >= 11 is 5.95. The molecule has 0 aliphatic heterocycles. The van der Waals surface area contributed by atoms with Crippen LogP contribution >= 0.6 is 11.6 Å². The fourth-order valence-electron chi connectivity index (χ4n) is 3.21. The van der Waals surface area contributed by atoms with E-state index in [0.29, 0.717) is 28.6 Å². The summed E-state index contributed by atoms with van der Waals surface area (Å²) < 4.78 is 33.7. The van der Waals surface area contributed by atoms with Gasteiger partial charge in [-0.25, -0.2) is 13.1 Å². The summed E-state index contributed by atoms with van der Waals surface area (Å²) in [6.07, 6.45) is 3.73. The molecule has 0 unspecified atom stereocenters. The van der Waals surface area contributed by atoms with Crippen molar-refractivity contribution in [3.63, 3.8) is 0 Å². The number of nitrogens with one attached hydrogen (secondary N) is 2. The lowest BCUT2D eigenvalue weighted by molar-refractivity contribution is 0.102. The molecule has 1 amide bonds. The van der Waals surface area contributed by atoms with Crippen LogP contribution in [0.4, 0.5) is 5.69 Å². The summed E-state index contributed by atoms with van der Waals surface area (Å²) in [5, 5.41) is 3.17. The van der Waals surface area contributed by atoms with E-state index in [4.69, 9.17) is 16.3 Å². The third-order valence-corrected chi connectivity index (χ3v) is 6.33. The highest BCUT2D eigenvalue weighted by Gasteiger charge is 2.24. The van der Waals surface area contributed by atoms with E-state index < -0.39 is 15.9 Å². The number of benzene rings is 2. The van der Waals surface area contributed by atoms with Gasteiger partial charge in [0.15, 0.2) is 0 Å². The van der Waals surface area contributed by atoms with Crippen molar-refractivity contribution in [3.05, 3.63) is 53.1 Å². The Hall–Kier alpha value is -2.09. The zero-order chi connectivity index (χ0) is 20.1. The van der Waals surface area contributed by atoms with Crippen LogP contribution < -0.4 is 14.8 Å². The SMILES string of the molecule is CCOc1ccc(S(=O)(=O)NC2CCCC2)cc1NC(=O)c1cccc(Cl)c1. The molecule has 3 rings (SSSR count). The van der Waals surface area contributed by atoms with Crippen molar-refractivity contribution in [2.45, 2.75) is 43.5 Å². The van der Waals surface area contributed by atoms with Crippen molar-refractivity contribution in [1.29, 1.82) is 0 Å². The van der Waals surface area contributed by atoms with Gasteiger partial charge in [0.25, 0.3) is 5.91 Å². The van der Waals surface area contributed by atoms with Crippen LogP contribution in [0.1, 0.15) is 43.0 Å².